The summed E-state index contributed by atoms with van der Waals surface area (Å²) in [5.74, 6) is 0. The third kappa shape index (κ3) is 2.60. The summed E-state index contributed by atoms with van der Waals surface area (Å²) in [5.41, 5.74) is 3.28. The van der Waals surface area contributed by atoms with Gasteiger partial charge in [0.1, 0.15) is 0 Å². The molecule has 0 amide bonds. The van der Waals surface area contributed by atoms with Gasteiger partial charge in [-0.15, -0.1) is 11.3 Å². The average molecular weight is 275 g/mol. The second-order valence-corrected chi connectivity index (χ2v) is 6.73. The summed E-state index contributed by atoms with van der Waals surface area (Å²) in [6.45, 7) is 9.17. The highest BCUT2D eigenvalue weighted by Crippen LogP contribution is 2.37. The van der Waals surface area contributed by atoms with Crippen molar-refractivity contribution in [3.05, 3.63) is 20.3 Å². The van der Waals surface area contributed by atoms with Gasteiger partial charge in [0.15, 0.2) is 0 Å². The van der Waals surface area contributed by atoms with E-state index in [2.05, 4.69) is 49.0 Å². The lowest BCUT2D eigenvalue weighted by molar-refractivity contribution is 0.457. The van der Waals surface area contributed by atoms with Gasteiger partial charge in [0.2, 0.25) is 0 Å². The molecule has 0 aliphatic rings. The maximum Gasteiger partial charge on any atom is 0.0730 e. The van der Waals surface area contributed by atoms with Crippen LogP contribution in [0.5, 0.6) is 0 Å². The summed E-state index contributed by atoms with van der Waals surface area (Å²) in [4.78, 5) is 0. The van der Waals surface area contributed by atoms with Crippen LogP contribution in [0.25, 0.3) is 0 Å². The van der Waals surface area contributed by atoms with E-state index in [4.69, 9.17) is 0 Å². The SMILES string of the molecule is CCCCC(C)(C)c1csc(Br)c1C. The Hall–Kier alpha value is 0.180. The summed E-state index contributed by atoms with van der Waals surface area (Å²) in [7, 11) is 0. The van der Waals surface area contributed by atoms with Crippen LogP contribution >= 0.6 is 27.3 Å². The van der Waals surface area contributed by atoms with Crippen LogP contribution in [0.1, 0.15) is 51.2 Å². The Labute approximate surface area is 99.9 Å². The molecule has 80 valence electrons. The Morgan fingerprint density at radius 2 is 2.07 bits per heavy atom. The van der Waals surface area contributed by atoms with Crippen molar-refractivity contribution < 1.29 is 0 Å². The van der Waals surface area contributed by atoms with Crippen LogP contribution in [0.3, 0.4) is 0 Å². The van der Waals surface area contributed by atoms with Crippen molar-refractivity contribution in [3.8, 4) is 0 Å². The molecule has 2 heteroatoms. The van der Waals surface area contributed by atoms with Crippen molar-refractivity contribution in [2.45, 2.75) is 52.4 Å². The van der Waals surface area contributed by atoms with Crippen molar-refractivity contribution in [1.29, 1.82) is 0 Å². The van der Waals surface area contributed by atoms with E-state index in [0.29, 0.717) is 5.41 Å². The van der Waals surface area contributed by atoms with E-state index in [9.17, 15) is 0 Å². The lowest BCUT2D eigenvalue weighted by Gasteiger charge is -2.24. The number of thiophene rings is 1. The van der Waals surface area contributed by atoms with Gasteiger partial charge in [0.25, 0.3) is 0 Å². The molecule has 0 bridgehead atoms. The van der Waals surface area contributed by atoms with Crippen molar-refractivity contribution in [2.24, 2.45) is 0 Å². The molecule has 1 heterocycles. The zero-order chi connectivity index (χ0) is 10.8. The van der Waals surface area contributed by atoms with E-state index in [-0.39, 0.29) is 0 Å². The fraction of sp³-hybridized carbons (Fsp3) is 0.667. The summed E-state index contributed by atoms with van der Waals surface area (Å²) in [5, 5.41) is 2.30. The van der Waals surface area contributed by atoms with E-state index in [1.54, 1.807) is 0 Å². The highest BCUT2D eigenvalue weighted by atomic mass is 79.9. The van der Waals surface area contributed by atoms with E-state index >= 15 is 0 Å². The van der Waals surface area contributed by atoms with E-state index in [1.165, 1.54) is 34.2 Å². The molecular weight excluding hydrogens is 256 g/mol. The molecule has 1 rings (SSSR count). The first-order chi connectivity index (χ1) is 6.49. The Morgan fingerprint density at radius 3 is 2.50 bits per heavy atom. The van der Waals surface area contributed by atoms with Gasteiger partial charge >= 0.3 is 0 Å². The minimum atomic E-state index is 0.336. The molecule has 0 aliphatic heterocycles. The van der Waals surface area contributed by atoms with Gasteiger partial charge in [-0.3, -0.25) is 0 Å². The van der Waals surface area contributed by atoms with Crippen molar-refractivity contribution in [1.82, 2.24) is 0 Å². The van der Waals surface area contributed by atoms with Crippen molar-refractivity contribution >= 4 is 27.3 Å². The number of rotatable bonds is 4. The summed E-state index contributed by atoms with van der Waals surface area (Å²) in [6.07, 6.45) is 3.89. The van der Waals surface area contributed by atoms with Crippen LogP contribution in [-0.2, 0) is 5.41 Å². The highest BCUT2D eigenvalue weighted by molar-refractivity contribution is 9.11. The molecule has 0 saturated carbocycles. The first-order valence-electron chi connectivity index (χ1n) is 5.23. The Balaban J connectivity index is 2.86. The second kappa shape index (κ2) is 4.80. The molecule has 0 atom stereocenters. The lowest BCUT2D eigenvalue weighted by Crippen LogP contribution is -2.17. The molecule has 14 heavy (non-hydrogen) atoms. The van der Waals surface area contributed by atoms with Gasteiger partial charge in [-0.2, -0.15) is 0 Å². The minimum absolute atomic E-state index is 0.336. The van der Waals surface area contributed by atoms with Gasteiger partial charge in [-0.1, -0.05) is 33.6 Å². The Morgan fingerprint density at radius 1 is 1.43 bits per heavy atom. The van der Waals surface area contributed by atoms with E-state index in [0.717, 1.165) is 0 Å². The molecule has 1 aromatic heterocycles. The number of unbranched alkanes of at least 4 members (excludes halogenated alkanes) is 1. The number of hydrogen-bond donors (Lipinski definition) is 0. The van der Waals surface area contributed by atoms with E-state index in [1.807, 2.05) is 11.3 Å². The van der Waals surface area contributed by atoms with Gasteiger partial charge in [-0.05, 0) is 51.2 Å². The standard InChI is InChI=1S/C12H19BrS/c1-5-6-7-12(3,4)10-8-14-11(13)9(10)2/h8H,5-7H2,1-4H3. The Bertz CT molecular complexity index is 299. The first-order valence-corrected chi connectivity index (χ1v) is 6.90. The van der Waals surface area contributed by atoms with Crippen LogP contribution in [0.4, 0.5) is 0 Å². The van der Waals surface area contributed by atoms with Gasteiger partial charge < -0.3 is 0 Å². The predicted molar refractivity (Wildman–Crippen MR) is 69.3 cm³/mol. The van der Waals surface area contributed by atoms with Crippen LogP contribution in [0.2, 0.25) is 0 Å². The van der Waals surface area contributed by atoms with Crippen LogP contribution in [-0.4, -0.2) is 0 Å². The molecule has 0 radical (unpaired) electrons. The molecule has 0 nitrogen and oxygen atoms in total. The first kappa shape index (κ1) is 12.3. The molecule has 0 aliphatic carbocycles. The maximum absolute atomic E-state index is 3.60. The molecule has 0 unspecified atom stereocenters. The monoisotopic (exact) mass is 274 g/mol. The average Bonchev–Trinajstić information content (AvgIpc) is 2.45. The third-order valence-corrected chi connectivity index (χ3v) is 4.89. The molecule has 0 N–H and O–H groups in total. The summed E-state index contributed by atoms with van der Waals surface area (Å²) < 4.78 is 1.29. The topological polar surface area (TPSA) is 0 Å². The van der Waals surface area contributed by atoms with Crippen molar-refractivity contribution in [2.75, 3.05) is 0 Å². The third-order valence-electron chi connectivity index (χ3n) is 2.86. The quantitative estimate of drug-likeness (QED) is 0.700. The molecule has 0 saturated heterocycles. The largest absolute Gasteiger partial charge is 0.136 e. The predicted octanol–water partition coefficient (Wildman–Crippen LogP) is 5.29. The molecule has 0 spiro atoms. The minimum Gasteiger partial charge on any atom is -0.136 e. The smallest absolute Gasteiger partial charge is 0.0730 e. The molecule has 0 aromatic carbocycles. The zero-order valence-corrected chi connectivity index (χ0v) is 11.9. The second-order valence-electron chi connectivity index (χ2n) is 4.54. The van der Waals surface area contributed by atoms with Crippen LogP contribution < -0.4 is 0 Å². The Kier molecular flexibility index (Phi) is 4.20. The fourth-order valence-electron chi connectivity index (χ4n) is 1.81. The molecule has 1 aromatic rings. The highest BCUT2D eigenvalue weighted by Gasteiger charge is 2.23. The van der Waals surface area contributed by atoms with Gasteiger partial charge in [-0.25, -0.2) is 0 Å². The molecule has 0 fully saturated rings. The number of halogens is 1. The summed E-state index contributed by atoms with van der Waals surface area (Å²) >= 11 is 5.40. The summed E-state index contributed by atoms with van der Waals surface area (Å²) in [6, 6.07) is 0. The maximum atomic E-state index is 3.60. The number of hydrogen-bond acceptors (Lipinski definition) is 1. The van der Waals surface area contributed by atoms with Crippen LogP contribution in [0.15, 0.2) is 9.17 Å². The van der Waals surface area contributed by atoms with Crippen molar-refractivity contribution in [3.63, 3.8) is 0 Å². The van der Waals surface area contributed by atoms with Gasteiger partial charge in [0, 0.05) is 0 Å². The lowest BCUT2D eigenvalue weighted by atomic mass is 9.80. The van der Waals surface area contributed by atoms with Crippen LogP contribution in [0, 0.1) is 6.92 Å². The fourth-order valence-corrected chi connectivity index (χ4v) is 3.31. The zero-order valence-electron chi connectivity index (χ0n) is 9.48. The normalized spacial score (nSPS) is 12.1. The van der Waals surface area contributed by atoms with Gasteiger partial charge in [0.05, 0.1) is 3.79 Å². The van der Waals surface area contributed by atoms with E-state index < -0.39 is 0 Å². The molecular formula is C12H19BrS.